The van der Waals surface area contributed by atoms with E-state index in [9.17, 15) is 13.6 Å². The number of aryl methyl sites for hydroxylation is 1. The highest BCUT2D eigenvalue weighted by atomic mass is 32.1. The van der Waals surface area contributed by atoms with Crippen LogP contribution in [0.5, 0.6) is 0 Å². The van der Waals surface area contributed by atoms with E-state index < -0.39 is 11.6 Å². The van der Waals surface area contributed by atoms with Crippen LogP contribution in [0.25, 0.3) is 0 Å². The molecule has 1 atom stereocenters. The van der Waals surface area contributed by atoms with Gasteiger partial charge < -0.3 is 10.6 Å². The van der Waals surface area contributed by atoms with Gasteiger partial charge in [-0.05, 0) is 44.7 Å². The maximum absolute atomic E-state index is 13.3. The Hall–Kier alpha value is -2.02. The Morgan fingerprint density at radius 3 is 2.50 bits per heavy atom. The first kappa shape index (κ1) is 18.8. The predicted octanol–water partition coefficient (Wildman–Crippen LogP) is 5.17. The van der Waals surface area contributed by atoms with E-state index in [2.05, 4.69) is 15.6 Å². The van der Waals surface area contributed by atoms with Gasteiger partial charge in [-0.2, -0.15) is 0 Å². The third kappa shape index (κ3) is 4.58. The van der Waals surface area contributed by atoms with Crippen LogP contribution in [0, 0.1) is 24.5 Å². The summed E-state index contributed by atoms with van der Waals surface area (Å²) in [6, 6.07) is 3.29. The molecular formula is C19H23F2N3OS. The summed E-state index contributed by atoms with van der Waals surface area (Å²) in [5.41, 5.74) is 0.621. The Morgan fingerprint density at radius 2 is 1.85 bits per heavy atom. The van der Waals surface area contributed by atoms with E-state index in [-0.39, 0.29) is 17.6 Å². The first-order valence-corrected chi connectivity index (χ1v) is 9.75. The number of thiazole rings is 1. The smallest absolute Gasteiger partial charge is 0.271 e. The topological polar surface area (TPSA) is 54.0 Å². The molecule has 1 amide bonds. The van der Waals surface area contributed by atoms with Gasteiger partial charge in [0.05, 0.1) is 0 Å². The molecule has 140 valence electrons. The van der Waals surface area contributed by atoms with Gasteiger partial charge in [-0.3, -0.25) is 4.79 Å². The molecule has 0 bridgehead atoms. The van der Waals surface area contributed by atoms with E-state index >= 15 is 0 Å². The second-order valence-electron chi connectivity index (χ2n) is 6.87. The lowest BCUT2D eigenvalue weighted by Gasteiger charge is -2.28. The molecule has 3 rings (SSSR count). The number of carbonyl (C=O) groups excluding carboxylic acids is 1. The molecule has 0 spiro atoms. The summed E-state index contributed by atoms with van der Waals surface area (Å²) in [6.07, 6.45) is 6.01. The van der Waals surface area contributed by atoms with E-state index in [0.29, 0.717) is 16.7 Å². The van der Waals surface area contributed by atoms with Gasteiger partial charge in [0.15, 0.2) is 5.13 Å². The molecule has 7 heteroatoms. The SMILES string of the molecule is Cc1sc(Nc2cc(F)cc(F)c2)nc1C(=O)NC(C)C1CCCCC1. The molecule has 1 saturated carbocycles. The number of nitrogens with zero attached hydrogens (tertiary/aromatic N) is 1. The molecule has 0 aliphatic heterocycles. The second-order valence-corrected chi connectivity index (χ2v) is 8.07. The maximum Gasteiger partial charge on any atom is 0.271 e. The third-order valence-electron chi connectivity index (χ3n) is 4.84. The van der Waals surface area contributed by atoms with Crippen molar-refractivity contribution in [2.24, 2.45) is 5.92 Å². The Labute approximate surface area is 156 Å². The maximum atomic E-state index is 13.3. The zero-order valence-corrected chi connectivity index (χ0v) is 15.8. The zero-order valence-electron chi connectivity index (χ0n) is 14.9. The summed E-state index contributed by atoms with van der Waals surface area (Å²) >= 11 is 1.28. The molecule has 1 aliphatic rings. The summed E-state index contributed by atoms with van der Waals surface area (Å²) in [5, 5.41) is 6.36. The van der Waals surface area contributed by atoms with Gasteiger partial charge in [-0.15, -0.1) is 11.3 Å². The van der Waals surface area contributed by atoms with Gasteiger partial charge in [0.1, 0.15) is 17.3 Å². The van der Waals surface area contributed by atoms with Gasteiger partial charge in [0, 0.05) is 22.7 Å². The standard InChI is InChI=1S/C19H23F2N3OS/c1-11(13-6-4-3-5-7-13)22-18(25)17-12(2)26-19(24-17)23-16-9-14(20)8-15(21)10-16/h8-11,13H,3-7H2,1-2H3,(H,22,25)(H,23,24). The molecule has 0 radical (unpaired) electrons. The van der Waals surface area contributed by atoms with E-state index in [1.165, 1.54) is 42.7 Å². The Bertz CT molecular complexity index is 767. The van der Waals surface area contributed by atoms with Crippen molar-refractivity contribution in [2.75, 3.05) is 5.32 Å². The van der Waals surface area contributed by atoms with Crippen molar-refractivity contribution < 1.29 is 13.6 Å². The minimum atomic E-state index is -0.667. The summed E-state index contributed by atoms with van der Waals surface area (Å²) in [4.78, 5) is 17.7. The van der Waals surface area contributed by atoms with E-state index in [4.69, 9.17) is 0 Å². The molecule has 1 aliphatic carbocycles. The lowest BCUT2D eigenvalue weighted by Crippen LogP contribution is -2.39. The van der Waals surface area contributed by atoms with Crippen LogP contribution in [-0.4, -0.2) is 16.9 Å². The van der Waals surface area contributed by atoms with Crippen molar-refractivity contribution >= 4 is 28.1 Å². The molecule has 1 aromatic heterocycles. The van der Waals surface area contributed by atoms with Crippen LogP contribution < -0.4 is 10.6 Å². The molecule has 0 saturated heterocycles. The largest absolute Gasteiger partial charge is 0.348 e. The predicted molar refractivity (Wildman–Crippen MR) is 100.0 cm³/mol. The number of nitrogens with one attached hydrogen (secondary N) is 2. The van der Waals surface area contributed by atoms with Crippen LogP contribution in [0.3, 0.4) is 0 Å². The average Bonchev–Trinajstić information content (AvgIpc) is 2.95. The molecule has 1 unspecified atom stereocenters. The molecular weight excluding hydrogens is 356 g/mol. The highest BCUT2D eigenvalue weighted by Crippen LogP contribution is 2.28. The normalized spacial score (nSPS) is 16.3. The highest BCUT2D eigenvalue weighted by molar-refractivity contribution is 7.15. The number of hydrogen-bond acceptors (Lipinski definition) is 4. The van der Waals surface area contributed by atoms with Crippen molar-refractivity contribution in [1.29, 1.82) is 0 Å². The summed E-state index contributed by atoms with van der Waals surface area (Å²) in [6.45, 7) is 3.86. The van der Waals surface area contributed by atoms with Crippen molar-refractivity contribution in [3.63, 3.8) is 0 Å². The molecule has 1 aromatic carbocycles. The Kier molecular flexibility index (Phi) is 5.86. The van der Waals surface area contributed by atoms with Crippen molar-refractivity contribution in [3.8, 4) is 0 Å². The third-order valence-corrected chi connectivity index (χ3v) is 5.73. The van der Waals surface area contributed by atoms with Crippen molar-refractivity contribution in [1.82, 2.24) is 10.3 Å². The van der Waals surface area contributed by atoms with Crippen LogP contribution >= 0.6 is 11.3 Å². The van der Waals surface area contributed by atoms with Crippen LogP contribution in [0.2, 0.25) is 0 Å². The molecule has 2 aromatic rings. The minimum absolute atomic E-state index is 0.109. The van der Waals surface area contributed by atoms with Gasteiger partial charge in [-0.1, -0.05) is 19.3 Å². The number of anilines is 2. The lowest BCUT2D eigenvalue weighted by molar-refractivity contribution is 0.0914. The van der Waals surface area contributed by atoms with Crippen molar-refractivity contribution in [3.05, 3.63) is 40.4 Å². The highest BCUT2D eigenvalue weighted by Gasteiger charge is 2.24. The Balaban J connectivity index is 1.67. The molecule has 1 fully saturated rings. The fourth-order valence-corrected chi connectivity index (χ4v) is 4.27. The number of rotatable bonds is 5. The summed E-state index contributed by atoms with van der Waals surface area (Å²) in [5.74, 6) is -1.02. The van der Waals surface area contributed by atoms with Crippen LogP contribution in [0.15, 0.2) is 18.2 Å². The number of aromatic nitrogens is 1. The first-order chi connectivity index (χ1) is 12.4. The van der Waals surface area contributed by atoms with E-state index in [1.54, 1.807) is 0 Å². The van der Waals surface area contributed by atoms with Crippen LogP contribution in [0.4, 0.5) is 19.6 Å². The number of amides is 1. The first-order valence-electron chi connectivity index (χ1n) is 8.94. The number of carbonyl (C=O) groups is 1. The lowest BCUT2D eigenvalue weighted by atomic mass is 9.84. The average molecular weight is 379 g/mol. The zero-order chi connectivity index (χ0) is 18.7. The minimum Gasteiger partial charge on any atom is -0.348 e. The second kappa shape index (κ2) is 8.12. The Morgan fingerprint density at radius 1 is 1.19 bits per heavy atom. The van der Waals surface area contributed by atoms with E-state index in [1.807, 2.05) is 13.8 Å². The van der Waals surface area contributed by atoms with Crippen LogP contribution in [0.1, 0.15) is 54.4 Å². The fraction of sp³-hybridized carbons (Fsp3) is 0.474. The molecule has 26 heavy (non-hydrogen) atoms. The molecule has 2 N–H and O–H groups in total. The molecule has 4 nitrogen and oxygen atoms in total. The van der Waals surface area contributed by atoms with Gasteiger partial charge >= 0.3 is 0 Å². The summed E-state index contributed by atoms with van der Waals surface area (Å²) < 4.78 is 26.6. The molecule has 1 heterocycles. The van der Waals surface area contributed by atoms with E-state index in [0.717, 1.165) is 23.8 Å². The number of halogens is 2. The fourth-order valence-electron chi connectivity index (χ4n) is 3.44. The number of hydrogen-bond donors (Lipinski definition) is 2. The van der Waals surface area contributed by atoms with Gasteiger partial charge in [0.2, 0.25) is 0 Å². The quantitative estimate of drug-likeness (QED) is 0.753. The number of benzene rings is 1. The van der Waals surface area contributed by atoms with Gasteiger partial charge in [-0.25, -0.2) is 13.8 Å². The van der Waals surface area contributed by atoms with Crippen LogP contribution in [-0.2, 0) is 0 Å². The van der Waals surface area contributed by atoms with Crippen molar-refractivity contribution in [2.45, 2.75) is 52.0 Å². The summed E-state index contributed by atoms with van der Waals surface area (Å²) in [7, 11) is 0. The monoisotopic (exact) mass is 379 g/mol. The van der Waals surface area contributed by atoms with Gasteiger partial charge in [0.25, 0.3) is 5.91 Å².